The second-order valence-corrected chi connectivity index (χ2v) is 8.05. The summed E-state index contributed by atoms with van der Waals surface area (Å²) in [6.45, 7) is 1.75. The van der Waals surface area contributed by atoms with E-state index in [1.807, 2.05) is 30.3 Å². The lowest BCUT2D eigenvalue weighted by Gasteiger charge is -2.40. The number of para-hydroxylation sites is 1. The van der Waals surface area contributed by atoms with E-state index in [9.17, 15) is 14.4 Å². The quantitative estimate of drug-likeness (QED) is 0.725. The van der Waals surface area contributed by atoms with Crippen LogP contribution in [0.4, 0.5) is 5.69 Å². The fourth-order valence-electron chi connectivity index (χ4n) is 5.06. The molecule has 0 saturated heterocycles. The second kappa shape index (κ2) is 7.37. The van der Waals surface area contributed by atoms with Gasteiger partial charge in [-0.1, -0.05) is 48.5 Å². The number of carbonyl (C=O) groups excluding carboxylic acids is 3. The van der Waals surface area contributed by atoms with E-state index in [-0.39, 0.29) is 41.8 Å². The van der Waals surface area contributed by atoms with Gasteiger partial charge in [0, 0.05) is 24.1 Å². The molecule has 2 aromatic carbocycles. The molecule has 2 aliphatic heterocycles. The molecule has 0 bridgehead atoms. The topological polar surface area (TPSA) is 108 Å². The number of allylic oxidation sites excluding steroid dienone is 1. The Bertz CT molecular complexity index is 1210. The Kier molecular flexibility index (Phi) is 4.62. The van der Waals surface area contributed by atoms with Crippen LogP contribution in [0, 0.1) is 0 Å². The number of ketones is 1. The molecule has 7 heteroatoms. The first-order valence-electron chi connectivity index (χ1n) is 10.6. The van der Waals surface area contributed by atoms with E-state index in [2.05, 4.69) is 5.32 Å². The highest BCUT2D eigenvalue weighted by molar-refractivity contribution is 6.22. The van der Waals surface area contributed by atoms with Crippen LogP contribution in [0.15, 0.2) is 77.4 Å². The Morgan fingerprint density at radius 2 is 1.84 bits per heavy atom. The van der Waals surface area contributed by atoms with Crippen molar-refractivity contribution in [2.75, 3.05) is 11.9 Å². The number of hydrogen-bond donors (Lipinski definition) is 2. The zero-order valence-corrected chi connectivity index (χ0v) is 17.5. The maximum atomic E-state index is 13.6. The molecule has 2 aromatic rings. The summed E-state index contributed by atoms with van der Waals surface area (Å²) in [6, 6.07) is 16.7. The van der Waals surface area contributed by atoms with E-state index in [1.165, 1.54) is 0 Å². The summed E-state index contributed by atoms with van der Waals surface area (Å²) in [7, 11) is 0. The van der Waals surface area contributed by atoms with Crippen LogP contribution in [0.25, 0.3) is 0 Å². The molecule has 7 nitrogen and oxygen atoms in total. The lowest BCUT2D eigenvalue weighted by atomic mass is 9.63. The lowest BCUT2D eigenvalue weighted by molar-refractivity contribution is -0.141. The van der Waals surface area contributed by atoms with Crippen LogP contribution in [-0.4, -0.2) is 24.3 Å². The predicted molar refractivity (Wildman–Crippen MR) is 116 cm³/mol. The number of benzene rings is 2. The van der Waals surface area contributed by atoms with Gasteiger partial charge in [-0.2, -0.15) is 0 Å². The van der Waals surface area contributed by atoms with E-state index in [1.54, 1.807) is 31.2 Å². The number of hydrogen-bond acceptors (Lipinski definition) is 6. The SMILES string of the molecule is CCOC(=O)C1=C(N)OC2=C(C(=O)C[C@@H](c3ccccc3)C2)[C@]12C(=O)Nc1ccccc12. The smallest absolute Gasteiger partial charge is 0.341 e. The Hall–Kier alpha value is -3.87. The highest BCUT2D eigenvalue weighted by Crippen LogP contribution is 2.55. The molecule has 2 atom stereocenters. The van der Waals surface area contributed by atoms with Crippen LogP contribution in [0.3, 0.4) is 0 Å². The average Bonchev–Trinajstić information content (AvgIpc) is 3.06. The van der Waals surface area contributed by atoms with Gasteiger partial charge in [0.15, 0.2) is 5.78 Å². The maximum absolute atomic E-state index is 13.6. The highest BCUT2D eigenvalue weighted by atomic mass is 16.5. The minimum atomic E-state index is -1.70. The first-order valence-corrected chi connectivity index (χ1v) is 10.6. The number of esters is 1. The molecular formula is C25H22N2O5. The van der Waals surface area contributed by atoms with Gasteiger partial charge in [0.25, 0.3) is 0 Å². The van der Waals surface area contributed by atoms with Crippen molar-refractivity contribution in [1.29, 1.82) is 0 Å². The molecule has 1 aliphatic carbocycles. The van der Waals surface area contributed by atoms with Gasteiger partial charge in [0.1, 0.15) is 16.7 Å². The molecule has 32 heavy (non-hydrogen) atoms. The number of Topliss-reactive ketones (excluding diaryl/α,β-unsaturated/α-hetero) is 1. The van der Waals surface area contributed by atoms with Crippen molar-refractivity contribution in [1.82, 2.24) is 0 Å². The summed E-state index contributed by atoms with van der Waals surface area (Å²) in [5, 5.41) is 2.82. The van der Waals surface area contributed by atoms with Gasteiger partial charge in [-0.15, -0.1) is 0 Å². The Labute approximate surface area is 184 Å². The van der Waals surface area contributed by atoms with Crippen molar-refractivity contribution in [2.24, 2.45) is 5.73 Å². The van der Waals surface area contributed by atoms with E-state index >= 15 is 0 Å². The number of carbonyl (C=O) groups is 3. The van der Waals surface area contributed by atoms with Crippen LogP contribution < -0.4 is 11.1 Å². The van der Waals surface area contributed by atoms with Gasteiger partial charge in [0.05, 0.1) is 12.2 Å². The van der Waals surface area contributed by atoms with E-state index < -0.39 is 17.3 Å². The fourth-order valence-corrected chi connectivity index (χ4v) is 5.06. The molecule has 162 valence electrons. The number of nitrogens with two attached hydrogens (primary N) is 1. The summed E-state index contributed by atoms with van der Waals surface area (Å²) < 4.78 is 11.1. The third kappa shape index (κ3) is 2.70. The molecule has 0 saturated carbocycles. The number of nitrogens with one attached hydrogen (secondary N) is 1. The Balaban J connectivity index is 1.73. The number of fused-ring (bicyclic) bond motifs is 3. The van der Waals surface area contributed by atoms with Gasteiger partial charge >= 0.3 is 5.97 Å². The van der Waals surface area contributed by atoms with Gasteiger partial charge in [-0.05, 0) is 24.5 Å². The Morgan fingerprint density at radius 1 is 1.12 bits per heavy atom. The third-order valence-electron chi connectivity index (χ3n) is 6.32. The summed E-state index contributed by atoms with van der Waals surface area (Å²) in [6.07, 6.45) is 0.582. The van der Waals surface area contributed by atoms with Crippen molar-refractivity contribution in [2.45, 2.75) is 31.1 Å². The molecular weight excluding hydrogens is 408 g/mol. The Morgan fingerprint density at radius 3 is 2.59 bits per heavy atom. The van der Waals surface area contributed by atoms with Crippen molar-refractivity contribution in [3.05, 3.63) is 88.5 Å². The first-order chi connectivity index (χ1) is 15.5. The van der Waals surface area contributed by atoms with Crippen LogP contribution in [0.1, 0.15) is 36.8 Å². The zero-order valence-electron chi connectivity index (χ0n) is 17.5. The third-order valence-corrected chi connectivity index (χ3v) is 6.32. The monoisotopic (exact) mass is 430 g/mol. The molecule has 0 unspecified atom stereocenters. The van der Waals surface area contributed by atoms with Crippen molar-refractivity contribution < 1.29 is 23.9 Å². The standard InChI is InChI=1S/C25H22N2O5/c1-2-31-23(29)21-22(26)32-19-13-15(14-8-4-3-5-9-14)12-18(28)20(19)25(21)16-10-6-7-11-17(16)27-24(25)30/h3-11,15H,2,12-13,26H2,1H3,(H,27,30)/t15-,25+/m1/s1. The van der Waals surface area contributed by atoms with E-state index in [4.69, 9.17) is 15.2 Å². The van der Waals surface area contributed by atoms with E-state index in [0.29, 0.717) is 23.4 Å². The van der Waals surface area contributed by atoms with Crippen LogP contribution in [0.5, 0.6) is 0 Å². The number of rotatable bonds is 3. The van der Waals surface area contributed by atoms with Crippen molar-refractivity contribution in [3.8, 4) is 0 Å². The van der Waals surface area contributed by atoms with Crippen LogP contribution >= 0.6 is 0 Å². The molecule has 3 N–H and O–H groups in total. The number of ether oxygens (including phenoxy) is 2. The molecule has 3 aliphatic rings. The van der Waals surface area contributed by atoms with Crippen LogP contribution in [-0.2, 0) is 29.3 Å². The molecule has 1 amide bonds. The normalized spacial score (nSPS) is 24.1. The summed E-state index contributed by atoms with van der Waals surface area (Å²) in [5.74, 6) is -1.53. The van der Waals surface area contributed by atoms with Crippen molar-refractivity contribution in [3.63, 3.8) is 0 Å². The van der Waals surface area contributed by atoms with Gasteiger partial charge < -0.3 is 20.5 Å². The average molecular weight is 430 g/mol. The highest BCUT2D eigenvalue weighted by Gasteiger charge is 2.62. The van der Waals surface area contributed by atoms with Gasteiger partial charge in [0.2, 0.25) is 11.8 Å². The van der Waals surface area contributed by atoms with E-state index in [0.717, 1.165) is 5.56 Å². The number of anilines is 1. The molecule has 5 rings (SSSR count). The van der Waals surface area contributed by atoms with Crippen LogP contribution in [0.2, 0.25) is 0 Å². The van der Waals surface area contributed by atoms with Gasteiger partial charge in [-0.25, -0.2) is 4.79 Å². The molecule has 0 aromatic heterocycles. The predicted octanol–water partition coefficient (Wildman–Crippen LogP) is 3.04. The number of amides is 1. The molecule has 0 radical (unpaired) electrons. The summed E-state index contributed by atoms with van der Waals surface area (Å²) in [5.41, 5.74) is 6.61. The second-order valence-electron chi connectivity index (χ2n) is 8.05. The first kappa shape index (κ1) is 20.1. The summed E-state index contributed by atoms with van der Waals surface area (Å²) >= 11 is 0. The molecule has 2 heterocycles. The fraction of sp³-hybridized carbons (Fsp3) is 0.240. The largest absolute Gasteiger partial charge is 0.462 e. The summed E-state index contributed by atoms with van der Waals surface area (Å²) in [4.78, 5) is 40.2. The maximum Gasteiger partial charge on any atom is 0.341 e. The molecule has 1 spiro atoms. The van der Waals surface area contributed by atoms with Gasteiger partial charge in [-0.3, -0.25) is 9.59 Å². The zero-order chi connectivity index (χ0) is 22.5. The minimum Gasteiger partial charge on any atom is -0.462 e. The van der Waals surface area contributed by atoms with Crippen molar-refractivity contribution >= 4 is 23.3 Å². The molecule has 0 fully saturated rings. The minimum absolute atomic E-state index is 0.0882. The lowest BCUT2D eigenvalue weighted by Crippen LogP contribution is -2.49.